The molecule has 202 valence electrons. The number of hydrogen-bond acceptors (Lipinski definition) is 6. The summed E-state index contributed by atoms with van der Waals surface area (Å²) in [6.07, 6.45) is -5.51. The first-order valence-corrected chi connectivity index (χ1v) is 11.4. The first kappa shape index (κ1) is 31.4. The molecular formula is C25H34F5N3O3. The highest BCUT2D eigenvalue weighted by molar-refractivity contribution is 5.86. The van der Waals surface area contributed by atoms with Gasteiger partial charge in [0.2, 0.25) is 0 Å². The van der Waals surface area contributed by atoms with Crippen LogP contribution in [0, 0.1) is 12.3 Å². The highest BCUT2D eigenvalue weighted by Gasteiger charge is 2.55. The fourth-order valence-corrected chi connectivity index (χ4v) is 3.42. The molecule has 36 heavy (non-hydrogen) atoms. The molecule has 0 spiro atoms. The molecule has 2 aromatic rings. The van der Waals surface area contributed by atoms with Gasteiger partial charge >= 0.3 is 12.2 Å². The van der Waals surface area contributed by atoms with Gasteiger partial charge in [0.25, 0.3) is 0 Å². The van der Waals surface area contributed by atoms with Crippen molar-refractivity contribution in [2.24, 2.45) is 0 Å². The molecule has 0 aliphatic carbocycles. The topological polar surface area (TPSA) is 91.8 Å². The highest BCUT2D eigenvalue weighted by Crippen LogP contribution is 2.41. The van der Waals surface area contributed by atoms with Crippen molar-refractivity contribution >= 4 is 11.9 Å². The number of nitrogens with one attached hydrogen (secondary N) is 1. The molecule has 0 saturated heterocycles. The molecular weight excluding hydrogens is 485 g/mol. The van der Waals surface area contributed by atoms with Crippen molar-refractivity contribution in [3.05, 3.63) is 64.7 Å². The second-order valence-corrected chi connectivity index (χ2v) is 8.15. The lowest BCUT2D eigenvalue weighted by Crippen LogP contribution is -2.57. The molecule has 0 aromatic heterocycles. The normalized spacial score (nSPS) is 14.6. The number of hydroxylamine groups is 2. The van der Waals surface area contributed by atoms with Crippen molar-refractivity contribution < 1.29 is 36.7 Å². The van der Waals surface area contributed by atoms with Gasteiger partial charge in [-0.2, -0.15) is 22.0 Å². The lowest BCUT2D eigenvalue weighted by molar-refractivity contribution is -0.483. The molecule has 2 rings (SSSR count). The molecule has 0 heterocycles. The number of halogens is 5. The Labute approximate surface area is 208 Å². The molecule has 2 unspecified atom stereocenters. The minimum absolute atomic E-state index is 0.0429. The van der Waals surface area contributed by atoms with Gasteiger partial charge in [0.1, 0.15) is 6.10 Å². The van der Waals surface area contributed by atoms with Crippen LogP contribution >= 0.6 is 0 Å². The van der Waals surface area contributed by atoms with Crippen molar-refractivity contribution in [1.29, 1.82) is 5.41 Å². The highest BCUT2D eigenvalue weighted by atomic mass is 19.4. The van der Waals surface area contributed by atoms with Crippen molar-refractivity contribution in [2.75, 3.05) is 18.9 Å². The minimum atomic E-state index is -4.54. The quantitative estimate of drug-likeness (QED) is 0.116. The summed E-state index contributed by atoms with van der Waals surface area (Å²) in [7, 11) is 0. The predicted molar refractivity (Wildman–Crippen MR) is 129 cm³/mol. The van der Waals surface area contributed by atoms with E-state index in [0.717, 1.165) is 35.4 Å². The number of hydrogen-bond donors (Lipinski definition) is 3. The molecule has 2 atom stereocenters. The fraction of sp³-hybridized carbons (Fsp3) is 0.480. The molecule has 0 radical (unpaired) electrons. The van der Waals surface area contributed by atoms with Crippen LogP contribution in [0.15, 0.2) is 42.5 Å². The number of anilines is 1. The Kier molecular flexibility index (Phi) is 11.4. The van der Waals surface area contributed by atoms with E-state index >= 15 is 0 Å². The lowest BCUT2D eigenvalue weighted by atomic mass is 9.74. The van der Waals surface area contributed by atoms with Gasteiger partial charge in [-0.15, -0.1) is 0 Å². The summed E-state index contributed by atoms with van der Waals surface area (Å²) in [4.78, 5) is 9.52. The van der Waals surface area contributed by atoms with Gasteiger partial charge in [-0.25, -0.2) is 0 Å². The third-order valence-electron chi connectivity index (χ3n) is 5.78. The zero-order valence-electron chi connectivity index (χ0n) is 21.0. The number of nitrogens with zero attached hydrogens (tertiary/aromatic N) is 1. The van der Waals surface area contributed by atoms with Crippen LogP contribution in [-0.4, -0.2) is 41.9 Å². The van der Waals surface area contributed by atoms with Gasteiger partial charge < -0.3 is 16.2 Å². The van der Waals surface area contributed by atoms with Crippen LogP contribution in [0.5, 0.6) is 0 Å². The van der Waals surface area contributed by atoms with Crippen LogP contribution in [0.2, 0.25) is 0 Å². The molecule has 0 amide bonds. The summed E-state index contributed by atoms with van der Waals surface area (Å²) in [5.74, 6) is 0. The molecule has 0 aliphatic heterocycles. The van der Waals surface area contributed by atoms with Gasteiger partial charge in [0, 0.05) is 28.1 Å². The maximum absolute atomic E-state index is 14.7. The van der Waals surface area contributed by atoms with Crippen LogP contribution in [-0.2, 0) is 21.3 Å². The van der Waals surface area contributed by atoms with E-state index in [0.29, 0.717) is 5.69 Å². The molecule has 0 fully saturated rings. The third kappa shape index (κ3) is 7.45. The van der Waals surface area contributed by atoms with E-state index in [-0.39, 0.29) is 30.4 Å². The average Bonchev–Trinajstić information content (AvgIpc) is 2.83. The molecule has 6 nitrogen and oxygen atoms in total. The number of nitrogen functional groups attached to an aromatic ring is 1. The standard InChI is InChI=1S/C17H24F5NO3.C8H10N2/c1-5-15(4,12-8-10-13(11-9-12)16(18,19)20)14(24)17(21,22)23(25-6-2)26-7-3;1-6-3-2-4-8(10)7(6)5-9/h8-11,14,24H,5-7H2,1-4H3;2-5,9H,10H2,1H3. The summed E-state index contributed by atoms with van der Waals surface area (Å²) in [5, 5.41) is 17.4. The van der Waals surface area contributed by atoms with Gasteiger partial charge in [0.05, 0.1) is 18.8 Å². The molecule has 0 aliphatic rings. The van der Waals surface area contributed by atoms with Crippen molar-refractivity contribution in [3.63, 3.8) is 0 Å². The van der Waals surface area contributed by atoms with E-state index in [2.05, 4.69) is 0 Å². The van der Waals surface area contributed by atoms with Crippen LogP contribution in [0.3, 0.4) is 0 Å². The summed E-state index contributed by atoms with van der Waals surface area (Å²) in [5.41, 5.74) is 5.84. The zero-order valence-corrected chi connectivity index (χ0v) is 21.0. The number of alkyl halides is 5. The second kappa shape index (κ2) is 13.1. The predicted octanol–water partition coefficient (Wildman–Crippen LogP) is 6.11. The smallest absolute Gasteiger partial charge is 0.398 e. The fourth-order valence-electron chi connectivity index (χ4n) is 3.42. The summed E-state index contributed by atoms with van der Waals surface area (Å²) in [6, 6.07) is 5.49. The Bertz CT molecular complexity index is 944. The molecule has 0 bridgehead atoms. The summed E-state index contributed by atoms with van der Waals surface area (Å²) in [6.45, 7) is 7.56. The second-order valence-electron chi connectivity index (χ2n) is 8.15. The maximum atomic E-state index is 14.7. The van der Waals surface area contributed by atoms with Crippen LogP contribution in [0.4, 0.5) is 27.6 Å². The first-order chi connectivity index (χ1) is 16.7. The number of nitrogens with two attached hydrogens (primary N) is 1. The van der Waals surface area contributed by atoms with Crippen molar-refractivity contribution in [2.45, 2.75) is 64.8 Å². The number of rotatable bonds is 10. The zero-order chi connectivity index (χ0) is 27.7. The van der Waals surface area contributed by atoms with Gasteiger partial charge in [-0.1, -0.05) is 38.1 Å². The van der Waals surface area contributed by atoms with Gasteiger partial charge in [-0.05, 0) is 56.5 Å². The van der Waals surface area contributed by atoms with E-state index in [1.165, 1.54) is 27.0 Å². The van der Waals surface area contributed by atoms with E-state index in [1.54, 1.807) is 13.0 Å². The van der Waals surface area contributed by atoms with Crippen molar-refractivity contribution in [3.8, 4) is 0 Å². The minimum Gasteiger partial charge on any atom is -0.398 e. The van der Waals surface area contributed by atoms with Crippen LogP contribution < -0.4 is 5.73 Å². The number of aryl methyl sites for hydroxylation is 1. The van der Waals surface area contributed by atoms with E-state index in [4.69, 9.17) is 20.8 Å². The van der Waals surface area contributed by atoms with Crippen molar-refractivity contribution in [1.82, 2.24) is 5.23 Å². The molecule has 2 aromatic carbocycles. The molecule has 4 N–H and O–H groups in total. The third-order valence-corrected chi connectivity index (χ3v) is 5.78. The summed E-state index contributed by atoms with van der Waals surface area (Å²) < 4.78 is 67.6. The van der Waals surface area contributed by atoms with Gasteiger partial charge in [0.15, 0.2) is 0 Å². The average molecular weight is 520 g/mol. The number of aliphatic hydroxyl groups is 1. The number of benzene rings is 2. The maximum Gasteiger partial charge on any atom is 0.416 e. The monoisotopic (exact) mass is 519 g/mol. The molecule has 11 heteroatoms. The van der Waals surface area contributed by atoms with Crippen LogP contribution in [0.25, 0.3) is 0 Å². The largest absolute Gasteiger partial charge is 0.416 e. The lowest BCUT2D eigenvalue weighted by Gasteiger charge is -2.41. The Morgan fingerprint density at radius 1 is 0.972 bits per heavy atom. The Morgan fingerprint density at radius 2 is 1.47 bits per heavy atom. The Balaban J connectivity index is 0.000000537. The Morgan fingerprint density at radius 3 is 1.83 bits per heavy atom. The number of aliphatic hydroxyl groups excluding tert-OH is 1. The first-order valence-electron chi connectivity index (χ1n) is 11.4. The van der Waals surface area contributed by atoms with E-state index < -0.39 is 29.3 Å². The Hall–Kier alpha value is -2.60. The van der Waals surface area contributed by atoms with E-state index in [1.807, 2.05) is 19.1 Å². The van der Waals surface area contributed by atoms with Gasteiger partial charge in [-0.3, -0.25) is 9.68 Å². The van der Waals surface area contributed by atoms with Crippen LogP contribution in [0.1, 0.15) is 56.4 Å². The van der Waals surface area contributed by atoms with E-state index in [9.17, 15) is 27.1 Å². The SMILES string of the molecule is CCON(OCC)C(F)(F)C(O)C(C)(CC)c1ccc(C(F)(F)F)cc1.Cc1cccc(N)c1C=N. The summed E-state index contributed by atoms with van der Waals surface area (Å²) >= 11 is 0. The molecule has 0 saturated carbocycles.